The average Bonchev–Trinajstić information content (AvgIpc) is 3.05. The molecule has 0 heterocycles. The van der Waals surface area contributed by atoms with E-state index in [4.69, 9.17) is 4.74 Å². The van der Waals surface area contributed by atoms with Crippen LogP contribution in [0.25, 0.3) is 0 Å². The summed E-state index contributed by atoms with van der Waals surface area (Å²) in [5.74, 6) is 3.69. The van der Waals surface area contributed by atoms with Gasteiger partial charge in [0.05, 0.1) is 0 Å². The Balaban J connectivity index is 1.56. The van der Waals surface area contributed by atoms with Gasteiger partial charge in [0.25, 0.3) is 0 Å². The van der Waals surface area contributed by atoms with Crippen molar-refractivity contribution in [3.63, 3.8) is 0 Å². The highest BCUT2D eigenvalue weighted by molar-refractivity contribution is 5.66. The Morgan fingerprint density at radius 1 is 1.06 bits per heavy atom. The molecule has 3 fully saturated rings. The lowest BCUT2D eigenvalue weighted by Crippen LogP contribution is -2.51. The third-order valence-electron chi connectivity index (χ3n) is 10.1. The van der Waals surface area contributed by atoms with E-state index in [1.165, 1.54) is 51.4 Å². The van der Waals surface area contributed by atoms with Crippen molar-refractivity contribution in [3.05, 3.63) is 23.3 Å². The van der Waals surface area contributed by atoms with Crippen LogP contribution in [0, 0.1) is 40.4 Å². The van der Waals surface area contributed by atoms with Gasteiger partial charge in [0.15, 0.2) is 0 Å². The second kappa shape index (κ2) is 8.71. The molecular formula is C29H46O2. The maximum atomic E-state index is 11.9. The van der Waals surface area contributed by atoms with Gasteiger partial charge in [-0.3, -0.25) is 4.79 Å². The first-order chi connectivity index (χ1) is 14.7. The number of allylic oxidation sites excluding steroid dienone is 3. The summed E-state index contributed by atoms with van der Waals surface area (Å²) in [5, 5.41) is 0. The molecule has 0 N–H and O–H groups in total. The van der Waals surface area contributed by atoms with Crippen molar-refractivity contribution in [2.75, 3.05) is 0 Å². The van der Waals surface area contributed by atoms with Crippen LogP contribution in [0.4, 0.5) is 0 Å². The first-order valence-electron chi connectivity index (χ1n) is 13.3. The molecule has 0 aromatic carbocycles. The van der Waals surface area contributed by atoms with Gasteiger partial charge in [-0.1, -0.05) is 77.2 Å². The van der Waals surface area contributed by atoms with Crippen molar-refractivity contribution in [1.29, 1.82) is 0 Å². The van der Waals surface area contributed by atoms with E-state index in [9.17, 15) is 4.79 Å². The minimum absolute atomic E-state index is 0.0102. The molecule has 2 heteroatoms. The highest BCUT2D eigenvalue weighted by atomic mass is 16.5. The van der Waals surface area contributed by atoms with Crippen LogP contribution in [0.15, 0.2) is 23.3 Å². The molecular weight excluding hydrogens is 380 g/mol. The molecule has 31 heavy (non-hydrogen) atoms. The molecule has 4 aliphatic rings. The third kappa shape index (κ3) is 3.95. The van der Waals surface area contributed by atoms with Gasteiger partial charge in [0, 0.05) is 12.3 Å². The van der Waals surface area contributed by atoms with Crippen LogP contribution in [0.1, 0.15) is 106 Å². The van der Waals surface area contributed by atoms with Gasteiger partial charge in [-0.15, -0.1) is 0 Å². The van der Waals surface area contributed by atoms with E-state index in [1.54, 1.807) is 18.1 Å². The van der Waals surface area contributed by atoms with E-state index >= 15 is 0 Å². The van der Waals surface area contributed by atoms with E-state index in [0.717, 1.165) is 36.5 Å². The summed E-state index contributed by atoms with van der Waals surface area (Å²) in [5.41, 5.74) is 3.71. The Hall–Kier alpha value is -1.05. The average molecular weight is 427 g/mol. The minimum Gasteiger partial charge on any atom is -0.462 e. The maximum Gasteiger partial charge on any atom is 0.302 e. The largest absolute Gasteiger partial charge is 0.462 e. The number of ether oxygens (including phenoxy) is 1. The summed E-state index contributed by atoms with van der Waals surface area (Å²) in [6, 6.07) is 0. The lowest BCUT2D eigenvalue weighted by Gasteiger charge is -2.56. The Kier molecular flexibility index (Phi) is 6.50. The molecule has 0 unspecified atom stereocenters. The molecule has 0 spiro atoms. The monoisotopic (exact) mass is 426 g/mol. The molecule has 4 aliphatic carbocycles. The van der Waals surface area contributed by atoms with Gasteiger partial charge >= 0.3 is 5.97 Å². The molecule has 3 saturated carbocycles. The molecule has 0 aromatic rings. The Morgan fingerprint density at radius 3 is 2.55 bits per heavy atom. The van der Waals surface area contributed by atoms with Crippen LogP contribution < -0.4 is 0 Å². The fourth-order valence-corrected chi connectivity index (χ4v) is 8.44. The fraction of sp³-hybridized carbons (Fsp3) is 0.828. The van der Waals surface area contributed by atoms with Crippen molar-refractivity contribution >= 4 is 5.97 Å². The van der Waals surface area contributed by atoms with Crippen LogP contribution >= 0.6 is 0 Å². The van der Waals surface area contributed by atoms with Gasteiger partial charge in [-0.05, 0) is 80.0 Å². The second-order valence-electron chi connectivity index (χ2n) is 12.3. The molecule has 0 bridgehead atoms. The fourth-order valence-electron chi connectivity index (χ4n) is 8.44. The van der Waals surface area contributed by atoms with Gasteiger partial charge < -0.3 is 4.74 Å². The molecule has 0 radical (unpaired) electrons. The first kappa shape index (κ1) is 23.1. The predicted molar refractivity (Wildman–Crippen MR) is 129 cm³/mol. The Morgan fingerprint density at radius 2 is 1.84 bits per heavy atom. The molecule has 7 atom stereocenters. The van der Waals surface area contributed by atoms with Crippen LogP contribution in [-0.2, 0) is 9.53 Å². The van der Waals surface area contributed by atoms with Crippen LogP contribution in [0.3, 0.4) is 0 Å². The van der Waals surface area contributed by atoms with Crippen molar-refractivity contribution in [2.24, 2.45) is 40.4 Å². The lowest BCUT2D eigenvalue weighted by atomic mass is 9.49. The Bertz CT molecular complexity index is 746. The van der Waals surface area contributed by atoms with Crippen molar-refractivity contribution in [2.45, 2.75) is 112 Å². The number of rotatable bonds is 6. The van der Waals surface area contributed by atoms with Crippen LogP contribution in [0.2, 0.25) is 0 Å². The smallest absolute Gasteiger partial charge is 0.302 e. The Labute approximate surface area is 191 Å². The molecule has 0 aromatic heterocycles. The van der Waals surface area contributed by atoms with Gasteiger partial charge in [-0.25, -0.2) is 0 Å². The topological polar surface area (TPSA) is 26.3 Å². The third-order valence-corrected chi connectivity index (χ3v) is 10.1. The molecule has 0 saturated heterocycles. The summed E-state index contributed by atoms with van der Waals surface area (Å²) in [6.07, 6.45) is 17.9. The van der Waals surface area contributed by atoms with Gasteiger partial charge in [0.1, 0.15) is 6.10 Å². The maximum absolute atomic E-state index is 11.9. The minimum atomic E-state index is -0.111. The molecule has 174 valence electrons. The SMILES string of the molecule is CC(=O)O[C@H]1CCCC2=CC=C3[C@@H]4CC[C@H]([C@H](C)CCCC(C)C)[C@@]4(C)CC[C@@H]3[C@]21C. The zero-order valence-electron chi connectivity index (χ0n) is 21.0. The predicted octanol–water partition coefficient (Wildman–Crippen LogP) is 7.88. The lowest BCUT2D eigenvalue weighted by molar-refractivity contribution is -0.156. The van der Waals surface area contributed by atoms with E-state index in [2.05, 4.69) is 46.8 Å². The number of carbonyl (C=O) groups excluding carboxylic acids is 1. The highest BCUT2D eigenvalue weighted by Crippen LogP contribution is 2.66. The number of fused-ring (bicyclic) bond motifs is 5. The normalized spacial score (nSPS) is 40.4. The summed E-state index contributed by atoms with van der Waals surface area (Å²) in [4.78, 5) is 11.9. The molecule has 0 aliphatic heterocycles. The zero-order valence-corrected chi connectivity index (χ0v) is 21.0. The van der Waals surface area contributed by atoms with E-state index in [0.29, 0.717) is 11.3 Å². The van der Waals surface area contributed by atoms with Crippen molar-refractivity contribution in [1.82, 2.24) is 0 Å². The number of hydrogen-bond donors (Lipinski definition) is 0. The zero-order chi connectivity index (χ0) is 22.4. The van der Waals surface area contributed by atoms with Crippen molar-refractivity contribution < 1.29 is 9.53 Å². The van der Waals surface area contributed by atoms with Gasteiger partial charge in [0.2, 0.25) is 0 Å². The molecule has 0 amide bonds. The first-order valence-corrected chi connectivity index (χ1v) is 13.3. The summed E-state index contributed by atoms with van der Waals surface area (Å²) in [7, 11) is 0. The van der Waals surface area contributed by atoms with Crippen LogP contribution in [-0.4, -0.2) is 12.1 Å². The van der Waals surface area contributed by atoms with E-state index in [-0.39, 0.29) is 17.5 Å². The van der Waals surface area contributed by atoms with Gasteiger partial charge in [-0.2, -0.15) is 0 Å². The number of carbonyl (C=O) groups is 1. The van der Waals surface area contributed by atoms with E-state index in [1.807, 2.05) is 0 Å². The molecule has 4 rings (SSSR count). The summed E-state index contributed by atoms with van der Waals surface area (Å²) in [6.45, 7) is 13.9. The van der Waals surface area contributed by atoms with E-state index < -0.39 is 0 Å². The standard InChI is InChI=1S/C29H46O2/c1-19(2)9-7-10-20(3)24-15-16-25-23-14-13-22-11-8-12-27(31-21(4)30)29(22,6)26(23)17-18-28(24,25)5/h13-14,19-20,24-27H,7-12,15-18H2,1-6H3/t20-,24-,25+,26+,27+,28-,29+/m1/s1. The van der Waals surface area contributed by atoms with Crippen molar-refractivity contribution in [3.8, 4) is 0 Å². The molecule has 2 nitrogen and oxygen atoms in total. The quantitative estimate of drug-likeness (QED) is 0.404. The highest BCUT2D eigenvalue weighted by Gasteiger charge is 2.58. The summed E-state index contributed by atoms with van der Waals surface area (Å²) < 4.78 is 5.97. The van der Waals surface area contributed by atoms with Crippen LogP contribution in [0.5, 0.6) is 0 Å². The second-order valence-corrected chi connectivity index (χ2v) is 12.3. The number of esters is 1. The summed E-state index contributed by atoms with van der Waals surface area (Å²) >= 11 is 0. The number of hydrogen-bond acceptors (Lipinski definition) is 2.